The highest BCUT2D eigenvalue weighted by Gasteiger charge is 2.32. The van der Waals surface area contributed by atoms with E-state index in [1.165, 1.54) is 30.3 Å². The molecule has 0 aliphatic rings. The van der Waals surface area contributed by atoms with Crippen molar-refractivity contribution in [1.82, 2.24) is 4.57 Å². The third-order valence-corrected chi connectivity index (χ3v) is 4.87. The van der Waals surface area contributed by atoms with E-state index in [0.29, 0.717) is 17.9 Å². The molecule has 3 N–H and O–H groups in total. The predicted molar refractivity (Wildman–Crippen MR) is 115 cm³/mol. The van der Waals surface area contributed by atoms with Gasteiger partial charge in [-0.25, -0.2) is 4.57 Å². The van der Waals surface area contributed by atoms with Crippen molar-refractivity contribution in [1.29, 1.82) is 0 Å². The maximum absolute atomic E-state index is 13.2. The van der Waals surface area contributed by atoms with Gasteiger partial charge in [0, 0.05) is 23.5 Å². The average Bonchev–Trinajstić information content (AvgIpc) is 2.78. The fraction of sp³-hybridized carbons (Fsp3) is 0.0952. The molecule has 1 amide bonds. The van der Waals surface area contributed by atoms with E-state index >= 15 is 0 Å². The molecule has 10 nitrogen and oxygen atoms in total. The molecule has 35 heavy (non-hydrogen) atoms. The van der Waals surface area contributed by atoms with Gasteiger partial charge in [-0.05, 0) is 48.5 Å². The van der Waals surface area contributed by atoms with Crippen molar-refractivity contribution in [2.75, 3.05) is 5.32 Å². The Balaban J connectivity index is 1.89. The van der Waals surface area contributed by atoms with Crippen molar-refractivity contribution in [3.63, 3.8) is 0 Å². The molecule has 0 saturated heterocycles. The standard InChI is InChI=1S/C21H16F3N2O8P/c22-21(23,24)14-3-6-18(34-16-4-1-13(11-27)2-5-16)17(9-14)20(29)25-15-7-8-26(19(28)10-15)12-33-35(30,31)32/h1-11H,12H2,(H,25,29)(H2,30,31,32). The van der Waals surface area contributed by atoms with Crippen LogP contribution in [-0.2, 0) is 22.0 Å². The van der Waals surface area contributed by atoms with Crippen molar-refractivity contribution in [2.45, 2.75) is 12.9 Å². The minimum atomic E-state index is -4.84. The zero-order chi connectivity index (χ0) is 25.8. The first-order valence-corrected chi connectivity index (χ1v) is 11.0. The van der Waals surface area contributed by atoms with Crippen molar-refractivity contribution in [3.05, 3.63) is 87.8 Å². The number of anilines is 1. The first-order valence-electron chi connectivity index (χ1n) is 9.52. The first kappa shape index (κ1) is 25.8. The van der Waals surface area contributed by atoms with E-state index in [4.69, 9.17) is 14.5 Å². The molecule has 2 aromatic carbocycles. The van der Waals surface area contributed by atoms with Gasteiger partial charge in [0.05, 0.1) is 11.1 Å². The van der Waals surface area contributed by atoms with E-state index in [0.717, 1.165) is 29.0 Å². The summed E-state index contributed by atoms with van der Waals surface area (Å²) in [5.41, 5.74) is -2.19. The van der Waals surface area contributed by atoms with Gasteiger partial charge in [0.25, 0.3) is 11.5 Å². The minimum absolute atomic E-state index is 0.105. The number of rotatable bonds is 8. The Hall–Kier alpha value is -3.77. The van der Waals surface area contributed by atoms with Crippen LogP contribution in [0, 0.1) is 0 Å². The highest BCUT2D eigenvalue weighted by molar-refractivity contribution is 7.46. The number of amides is 1. The number of carbonyl (C=O) groups excluding carboxylic acids is 2. The topological polar surface area (TPSA) is 144 Å². The monoisotopic (exact) mass is 512 g/mol. The number of phosphoric ester groups is 1. The number of nitrogens with zero attached hydrogens (tertiary/aromatic N) is 1. The number of benzene rings is 2. The molecule has 0 saturated carbocycles. The lowest BCUT2D eigenvalue weighted by molar-refractivity contribution is -0.137. The van der Waals surface area contributed by atoms with E-state index in [1.807, 2.05) is 0 Å². The smallest absolute Gasteiger partial charge is 0.457 e. The molecule has 0 atom stereocenters. The Morgan fingerprint density at radius 3 is 2.34 bits per heavy atom. The van der Waals surface area contributed by atoms with Gasteiger partial charge in [0.15, 0.2) is 0 Å². The fourth-order valence-electron chi connectivity index (χ4n) is 2.74. The molecule has 0 unspecified atom stereocenters. The molecule has 3 aromatic rings. The lowest BCUT2D eigenvalue weighted by Gasteiger charge is -2.15. The molecule has 0 aliphatic carbocycles. The number of hydrogen-bond donors (Lipinski definition) is 3. The van der Waals surface area contributed by atoms with E-state index in [-0.39, 0.29) is 17.2 Å². The van der Waals surface area contributed by atoms with Gasteiger partial charge in [0.2, 0.25) is 0 Å². The number of carbonyl (C=O) groups is 2. The molecule has 184 valence electrons. The normalized spacial score (nSPS) is 11.7. The fourth-order valence-corrected chi connectivity index (χ4v) is 3.02. The largest absolute Gasteiger partial charge is 0.471 e. The molecule has 0 fully saturated rings. The summed E-state index contributed by atoms with van der Waals surface area (Å²) in [7, 11) is -4.84. The van der Waals surface area contributed by atoms with E-state index in [2.05, 4.69) is 9.84 Å². The number of ether oxygens (including phenoxy) is 1. The van der Waals surface area contributed by atoms with Gasteiger partial charge in [-0.15, -0.1) is 0 Å². The Kier molecular flexibility index (Phi) is 7.56. The summed E-state index contributed by atoms with van der Waals surface area (Å²) >= 11 is 0. The predicted octanol–water partition coefficient (Wildman–Crippen LogP) is 3.79. The number of alkyl halides is 3. The molecular formula is C21H16F3N2O8P. The number of phosphoric acid groups is 1. The van der Waals surface area contributed by atoms with Gasteiger partial charge < -0.3 is 19.8 Å². The molecule has 0 aliphatic heterocycles. The SMILES string of the molecule is O=Cc1ccc(Oc2ccc(C(F)(F)F)cc2C(=O)Nc2ccn(COP(=O)(O)O)c(=O)c2)cc1. The van der Waals surface area contributed by atoms with Gasteiger partial charge >= 0.3 is 14.0 Å². The van der Waals surface area contributed by atoms with Gasteiger partial charge in [-0.3, -0.25) is 23.5 Å². The maximum atomic E-state index is 13.2. The van der Waals surface area contributed by atoms with E-state index < -0.39 is 43.3 Å². The van der Waals surface area contributed by atoms with Crippen LogP contribution >= 0.6 is 7.82 Å². The summed E-state index contributed by atoms with van der Waals surface area (Å²) < 4.78 is 61.0. The third kappa shape index (κ3) is 7.11. The van der Waals surface area contributed by atoms with Crippen LogP contribution in [0.4, 0.5) is 18.9 Å². The Morgan fingerprint density at radius 2 is 1.77 bits per heavy atom. The summed E-state index contributed by atoms with van der Waals surface area (Å²) in [4.78, 5) is 53.1. The molecular weight excluding hydrogens is 496 g/mol. The van der Waals surface area contributed by atoms with Crippen LogP contribution in [0.5, 0.6) is 11.5 Å². The number of aromatic nitrogens is 1. The Bertz CT molecular complexity index is 1350. The van der Waals surface area contributed by atoms with Crippen molar-refractivity contribution in [2.24, 2.45) is 0 Å². The van der Waals surface area contributed by atoms with E-state index in [9.17, 15) is 32.1 Å². The van der Waals surface area contributed by atoms with Crippen molar-refractivity contribution in [3.8, 4) is 11.5 Å². The Morgan fingerprint density at radius 1 is 1.09 bits per heavy atom. The van der Waals surface area contributed by atoms with Crippen LogP contribution in [-0.4, -0.2) is 26.5 Å². The zero-order valence-electron chi connectivity index (χ0n) is 17.4. The second-order valence-corrected chi connectivity index (χ2v) is 8.16. The number of aldehydes is 1. The molecule has 0 spiro atoms. The van der Waals surface area contributed by atoms with Crippen molar-refractivity contribution < 1.29 is 46.4 Å². The van der Waals surface area contributed by atoms with Crippen molar-refractivity contribution >= 4 is 25.7 Å². The average molecular weight is 512 g/mol. The third-order valence-electron chi connectivity index (χ3n) is 4.41. The van der Waals surface area contributed by atoms with Gasteiger partial charge in [-0.2, -0.15) is 13.2 Å². The molecule has 0 radical (unpaired) electrons. The second-order valence-electron chi connectivity index (χ2n) is 6.92. The number of pyridine rings is 1. The first-order chi connectivity index (χ1) is 16.4. The highest BCUT2D eigenvalue weighted by atomic mass is 31.2. The molecule has 1 heterocycles. The molecule has 1 aromatic heterocycles. The quantitative estimate of drug-likeness (QED) is 0.306. The second kappa shape index (κ2) is 10.2. The Labute approximate surface area is 194 Å². The number of nitrogens with one attached hydrogen (secondary N) is 1. The lowest BCUT2D eigenvalue weighted by atomic mass is 10.1. The number of halogens is 3. The number of hydrogen-bond acceptors (Lipinski definition) is 6. The van der Waals surface area contributed by atoms with Gasteiger partial charge in [-0.1, -0.05) is 0 Å². The zero-order valence-corrected chi connectivity index (χ0v) is 18.3. The molecule has 14 heteroatoms. The minimum Gasteiger partial charge on any atom is -0.457 e. The highest BCUT2D eigenvalue weighted by Crippen LogP contribution is 2.36. The summed E-state index contributed by atoms with van der Waals surface area (Å²) in [5, 5.41) is 2.28. The summed E-state index contributed by atoms with van der Waals surface area (Å²) in [6, 6.07) is 9.94. The summed E-state index contributed by atoms with van der Waals surface area (Å²) in [5.74, 6) is -1.10. The van der Waals surface area contributed by atoms with Gasteiger partial charge in [0.1, 0.15) is 24.5 Å². The summed E-state index contributed by atoms with van der Waals surface area (Å²) in [6.07, 6.45) is -3.10. The molecule has 3 rings (SSSR count). The van der Waals surface area contributed by atoms with Crippen LogP contribution in [0.15, 0.2) is 65.6 Å². The van der Waals surface area contributed by atoms with E-state index in [1.54, 1.807) is 0 Å². The molecule has 0 bridgehead atoms. The van der Waals surface area contributed by atoms with Crippen LogP contribution < -0.4 is 15.6 Å². The summed E-state index contributed by atoms with van der Waals surface area (Å²) in [6.45, 7) is -0.772. The van der Waals surface area contributed by atoms with Crippen LogP contribution in [0.3, 0.4) is 0 Å². The lowest BCUT2D eigenvalue weighted by Crippen LogP contribution is -2.22. The van der Waals surface area contributed by atoms with Crippen LogP contribution in [0.25, 0.3) is 0 Å². The van der Waals surface area contributed by atoms with Crippen LogP contribution in [0.1, 0.15) is 26.3 Å². The van der Waals surface area contributed by atoms with Crippen LogP contribution in [0.2, 0.25) is 0 Å². The maximum Gasteiger partial charge on any atom is 0.471 e.